The van der Waals surface area contributed by atoms with Gasteiger partial charge in [0.15, 0.2) is 11.6 Å². The van der Waals surface area contributed by atoms with Gasteiger partial charge in [0.2, 0.25) is 5.16 Å². The number of ether oxygens (including phenoxy) is 1. The molecule has 0 unspecified atom stereocenters. The highest BCUT2D eigenvalue weighted by molar-refractivity contribution is 7.99. The van der Waals surface area contributed by atoms with Crippen LogP contribution in [0.25, 0.3) is 11.4 Å². The van der Waals surface area contributed by atoms with E-state index < -0.39 is 0 Å². The third kappa shape index (κ3) is 4.48. The van der Waals surface area contributed by atoms with E-state index in [4.69, 9.17) is 4.74 Å². The molecule has 0 saturated heterocycles. The molecule has 0 aliphatic heterocycles. The van der Waals surface area contributed by atoms with Crippen molar-refractivity contribution < 1.29 is 9.53 Å². The normalized spacial score (nSPS) is 11.1. The minimum absolute atomic E-state index is 0.0819. The Morgan fingerprint density at radius 1 is 1.22 bits per heavy atom. The molecule has 2 heterocycles. The van der Waals surface area contributed by atoms with Crippen LogP contribution in [0.4, 0.5) is 0 Å². The Morgan fingerprint density at radius 3 is 2.67 bits per heavy atom. The number of ketones is 1. The Bertz CT molecular complexity index is 928. The number of nitrogens with one attached hydrogen (secondary N) is 1. The number of H-pyrrole nitrogens is 1. The molecule has 1 N–H and O–H groups in total. The molecule has 142 valence electrons. The predicted octanol–water partition coefficient (Wildman–Crippen LogP) is 3.82. The molecule has 27 heavy (non-hydrogen) atoms. The van der Waals surface area contributed by atoms with Crippen molar-refractivity contribution in [3.63, 3.8) is 0 Å². The first-order valence-corrected chi connectivity index (χ1v) is 9.79. The van der Waals surface area contributed by atoms with Crippen molar-refractivity contribution in [3.8, 4) is 11.4 Å². The molecule has 0 atom stereocenters. The largest absolute Gasteiger partial charge is 0.383 e. The molecule has 0 bridgehead atoms. The summed E-state index contributed by atoms with van der Waals surface area (Å²) < 4.78 is 7.26. The number of aryl methyl sites for hydroxylation is 2. The van der Waals surface area contributed by atoms with Crippen LogP contribution in [-0.4, -0.2) is 45.0 Å². The zero-order valence-corrected chi connectivity index (χ0v) is 16.9. The second kappa shape index (κ2) is 8.54. The van der Waals surface area contributed by atoms with Gasteiger partial charge in [-0.05, 0) is 26.8 Å². The maximum atomic E-state index is 12.7. The van der Waals surface area contributed by atoms with Gasteiger partial charge < -0.3 is 9.30 Å². The Labute approximate surface area is 163 Å². The summed E-state index contributed by atoms with van der Waals surface area (Å²) in [7, 11) is 1.68. The number of hydrogen-bond donors (Lipinski definition) is 1. The van der Waals surface area contributed by atoms with Crippen LogP contribution in [0, 0.1) is 20.8 Å². The van der Waals surface area contributed by atoms with Crippen LogP contribution in [0.5, 0.6) is 0 Å². The van der Waals surface area contributed by atoms with Gasteiger partial charge in [-0.15, -0.1) is 5.10 Å². The number of Topliss-reactive ketones (excluding diaryl/α,β-unsaturated/α-hetero) is 1. The number of methoxy groups -OCH3 is 1. The number of carbonyl (C=O) groups is 1. The van der Waals surface area contributed by atoms with Crippen LogP contribution < -0.4 is 0 Å². The number of aromatic nitrogens is 4. The van der Waals surface area contributed by atoms with Crippen LogP contribution >= 0.6 is 11.8 Å². The summed E-state index contributed by atoms with van der Waals surface area (Å²) in [5, 5.41) is 7.74. The van der Waals surface area contributed by atoms with Gasteiger partial charge in [0.25, 0.3) is 0 Å². The van der Waals surface area contributed by atoms with Crippen molar-refractivity contribution in [3.05, 3.63) is 52.8 Å². The van der Waals surface area contributed by atoms with Crippen molar-refractivity contribution in [2.24, 2.45) is 0 Å². The fraction of sp³-hybridized carbons (Fsp3) is 0.350. The molecule has 0 amide bonds. The third-order valence-corrected chi connectivity index (χ3v) is 5.36. The lowest BCUT2D eigenvalue weighted by Gasteiger charge is -2.08. The molecular weight excluding hydrogens is 360 g/mol. The average Bonchev–Trinajstić information content (AvgIpc) is 3.24. The summed E-state index contributed by atoms with van der Waals surface area (Å²) in [6.07, 6.45) is 0. The van der Waals surface area contributed by atoms with Gasteiger partial charge in [-0.2, -0.15) is 0 Å². The van der Waals surface area contributed by atoms with Crippen LogP contribution in [0.2, 0.25) is 0 Å². The van der Waals surface area contributed by atoms with E-state index in [0.29, 0.717) is 23.3 Å². The average molecular weight is 385 g/mol. The number of aromatic amines is 1. The first kappa shape index (κ1) is 19.4. The molecule has 0 radical (unpaired) electrons. The van der Waals surface area contributed by atoms with Gasteiger partial charge in [-0.3, -0.25) is 9.89 Å². The molecular formula is C20H24N4O2S. The summed E-state index contributed by atoms with van der Waals surface area (Å²) >= 11 is 1.35. The Morgan fingerprint density at radius 2 is 1.96 bits per heavy atom. The molecule has 0 spiro atoms. The molecule has 2 aromatic heterocycles. The number of benzene rings is 1. The molecule has 0 fully saturated rings. The van der Waals surface area contributed by atoms with Crippen LogP contribution in [0.3, 0.4) is 0 Å². The van der Waals surface area contributed by atoms with E-state index in [1.165, 1.54) is 17.3 Å². The second-order valence-electron chi connectivity index (χ2n) is 6.47. The fourth-order valence-electron chi connectivity index (χ4n) is 2.97. The van der Waals surface area contributed by atoms with E-state index in [1.807, 2.05) is 51.1 Å². The molecule has 3 rings (SSSR count). The molecule has 0 aliphatic rings. The molecule has 1 aromatic carbocycles. The first-order chi connectivity index (χ1) is 13.0. The lowest BCUT2D eigenvalue weighted by Crippen LogP contribution is -2.09. The fourth-order valence-corrected chi connectivity index (χ4v) is 3.65. The highest BCUT2D eigenvalue weighted by atomic mass is 32.2. The number of rotatable bonds is 8. The molecule has 3 aromatic rings. The van der Waals surface area contributed by atoms with Crippen molar-refractivity contribution in [2.75, 3.05) is 19.5 Å². The Kier molecular flexibility index (Phi) is 6.13. The number of nitrogens with zero attached hydrogens (tertiary/aromatic N) is 3. The van der Waals surface area contributed by atoms with E-state index >= 15 is 0 Å². The maximum absolute atomic E-state index is 12.7. The van der Waals surface area contributed by atoms with E-state index in [0.717, 1.165) is 29.1 Å². The van der Waals surface area contributed by atoms with Gasteiger partial charge in [0, 0.05) is 36.2 Å². The van der Waals surface area contributed by atoms with Gasteiger partial charge in [0.1, 0.15) is 0 Å². The first-order valence-electron chi connectivity index (χ1n) is 8.80. The smallest absolute Gasteiger partial charge is 0.209 e. The summed E-state index contributed by atoms with van der Waals surface area (Å²) in [6, 6.07) is 10.0. The third-order valence-electron chi connectivity index (χ3n) is 4.52. The van der Waals surface area contributed by atoms with Crippen LogP contribution in [-0.2, 0) is 11.3 Å². The van der Waals surface area contributed by atoms with Crippen molar-refractivity contribution in [1.82, 2.24) is 19.7 Å². The van der Waals surface area contributed by atoms with E-state index in [9.17, 15) is 4.79 Å². The highest BCUT2D eigenvalue weighted by Crippen LogP contribution is 2.22. The van der Waals surface area contributed by atoms with Crippen molar-refractivity contribution in [2.45, 2.75) is 32.5 Å². The molecule has 0 saturated carbocycles. The molecule has 0 aliphatic carbocycles. The maximum Gasteiger partial charge on any atom is 0.209 e. The van der Waals surface area contributed by atoms with Gasteiger partial charge >= 0.3 is 0 Å². The van der Waals surface area contributed by atoms with E-state index in [1.54, 1.807) is 7.11 Å². The SMILES string of the molecule is COCCn1c(C)cc(C(=O)CSc2n[nH]c(-c3ccc(C)cc3)n2)c1C. The van der Waals surface area contributed by atoms with Gasteiger partial charge in [-0.25, -0.2) is 4.98 Å². The van der Waals surface area contributed by atoms with Crippen LogP contribution in [0.1, 0.15) is 27.3 Å². The zero-order chi connectivity index (χ0) is 19.4. The van der Waals surface area contributed by atoms with E-state index in [2.05, 4.69) is 19.7 Å². The Balaban J connectivity index is 1.65. The van der Waals surface area contributed by atoms with Crippen LogP contribution in [0.15, 0.2) is 35.5 Å². The summed E-state index contributed by atoms with van der Waals surface area (Å²) in [5.41, 5.74) is 4.97. The predicted molar refractivity (Wildman–Crippen MR) is 107 cm³/mol. The minimum atomic E-state index is 0.0819. The minimum Gasteiger partial charge on any atom is -0.383 e. The summed E-state index contributed by atoms with van der Waals surface area (Å²) in [5.74, 6) is 1.10. The van der Waals surface area contributed by atoms with Crippen molar-refractivity contribution >= 4 is 17.5 Å². The summed E-state index contributed by atoms with van der Waals surface area (Å²) in [6.45, 7) is 7.40. The lowest BCUT2D eigenvalue weighted by molar-refractivity contribution is 0.102. The molecule has 7 heteroatoms. The van der Waals surface area contributed by atoms with Crippen molar-refractivity contribution in [1.29, 1.82) is 0 Å². The Hall–Kier alpha value is -2.38. The standard InChI is InChI=1S/C20H24N4O2S/c1-13-5-7-16(8-6-13)19-21-20(23-22-19)27-12-18(25)17-11-14(2)24(15(17)3)9-10-26-4/h5-8,11H,9-10,12H2,1-4H3,(H,21,22,23). The lowest BCUT2D eigenvalue weighted by atomic mass is 10.1. The number of carbonyl (C=O) groups excluding carboxylic acids is 1. The molecule has 6 nitrogen and oxygen atoms in total. The number of hydrogen-bond acceptors (Lipinski definition) is 5. The van der Waals surface area contributed by atoms with Gasteiger partial charge in [0.05, 0.1) is 12.4 Å². The zero-order valence-electron chi connectivity index (χ0n) is 16.1. The van der Waals surface area contributed by atoms with Gasteiger partial charge in [-0.1, -0.05) is 41.6 Å². The summed E-state index contributed by atoms with van der Waals surface area (Å²) in [4.78, 5) is 17.1. The second-order valence-corrected chi connectivity index (χ2v) is 7.42. The topological polar surface area (TPSA) is 72.8 Å². The van der Waals surface area contributed by atoms with E-state index in [-0.39, 0.29) is 5.78 Å². The highest BCUT2D eigenvalue weighted by Gasteiger charge is 2.17. The number of thioether (sulfide) groups is 1. The quantitative estimate of drug-likeness (QED) is 0.472. The monoisotopic (exact) mass is 384 g/mol.